The molecule has 2 rings (SSSR count). The Hall–Kier alpha value is -1.39. The van der Waals surface area contributed by atoms with Gasteiger partial charge >= 0.3 is 0 Å². The summed E-state index contributed by atoms with van der Waals surface area (Å²) in [5, 5.41) is 0. The molecule has 19 heavy (non-hydrogen) atoms. The second-order valence-corrected chi connectivity index (χ2v) is 4.91. The van der Waals surface area contributed by atoms with Crippen LogP contribution in [0.3, 0.4) is 0 Å². The van der Waals surface area contributed by atoms with E-state index in [4.69, 9.17) is 10.5 Å². The molecule has 1 unspecified atom stereocenters. The molecule has 0 spiro atoms. The lowest BCUT2D eigenvalue weighted by atomic mass is 10.1. The highest BCUT2D eigenvalue weighted by atomic mass is 16.5. The van der Waals surface area contributed by atoms with Crippen molar-refractivity contribution >= 4 is 5.91 Å². The average molecular weight is 262 g/mol. The first-order valence-corrected chi connectivity index (χ1v) is 6.92. The van der Waals surface area contributed by atoms with Crippen molar-refractivity contribution < 1.29 is 9.53 Å². The van der Waals surface area contributed by atoms with Crippen LogP contribution in [0.5, 0.6) is 0 Å². The third-order valence-electron chi connectivity index (χ3n) is 3.50. The lowest BCUT2D eigenvalue weighted by molar-refractivity contribution is -0.135. The van der Waals surface area contributed by atoms with E-state index in [1.165, 1.54) is 5.56 Å². The van der Waals surface area contributed by atoms with Crippen LogP contribution in [0.1, 0.15) is 12.0 Å². The van der Waals surface area contributed by atoms with Crippen LogP contribution in [-0.2, 0) is 16.0 Å². The Balaban J connectivity index is 1.90. The number of nitrogens with zero attached hydrogens (tertiary/aromatic N) is 1. The van der Waals surface area contributed by atoms with Crippen molar-refractivity contribution in [2.75, 3.05) is 32.8 Å². The van der Waals surface area contributed by atoms with Crippen LogP contribution in [-0.4, -0.2) is 43.7 Å². The quantitative estimate of drug-likeness (QED) is 0.834. The van der Waals surface area contributed by atoms with E-state index >= 15 is 0 Å². The minimum atomic E-state index is 0.0299. The summed E-state index contributed by atoms with van der Waals surface area (Å²) >= 11 is 0. The number of carbonyl (C=O) groups excluding carboxylic acids is 1. The Morgan fingerprint density at radius 2 is 2.11 bits per heavy atom. The van der Waals surface area contributed by atoms with Gasteiger partial charge in [0.05, 0.1) is 12.5 Å². The summed E-state index contributed by atoms with van der Waals surface area (Å²) in [5.41, 5.74) is 6.86. The molecule has 1 aromatic rings. The van der Waals surface area contributed by atoms with Crippen molar-refractivity contribution in [1.29, 1.82) is 0 Å². The second kappa shape index (κ2) is 7.26. The summed E-state index contributed by atoms with van der Waals surface area (Å²) in [6.45, 7) is 3.13. The fraction of sp³-hybridized carbons (Fsp3) is 0.533. The monoisotopic (exact) mass is 262 g/mol. The van der Waals surface area contributed by atoms with E-state index in [9.17, 15) is 4.79 Å². The van der Waals surface area contributed by atoms with Gasteiger partial charge < -0.3 is 15.4 Å². The molecule has 0 aliphatic carbocycles. The van der Waals surface area contributed by atoms with Gasteiger partial charge in [-0.2, -0.15) is 0 Å². The van der Waals surface area contributed by atoms with Gasteiger partial charge in [0.25, 0.3) is 0 Å². The largest absolute Gasteiger partial charge is 0.381 e. The number of hydrogen-bond acceptors (Lipinski definition) is 3. The fourth-order valence-corrected chi connectivity index (χ4v) is 2.38. The van der Waals surface area contributed by atoms with Gasteiger partial charge in [0.2, 0.25) is 5.91 Å². The molecule has 0 radical (unpaired) electrons. The predicted octanol–water partition coefficient (Wildman–Crippen LogP) is 1.05. The molecular formula is C15H22N2O2. The van der Waals surface area contributed by atoms with Gasteiger partial charge in [0.1, 0.15) is 0 Å². The highest BCUT2D eigenvalue weighted by molar-refractivity contribution is 5.79. The summed E-state index contributed by atoms with van der Waals surface area (Å²) in [4.78, 5) is 14.2. The lowest BCUT2D eigenvalue weighted by Crippen LogP contribution is -2.40. The highest BCUT2D eigenvalue weighted by Gasteiger charge is 2.27. The van der Waals surface area contributed by atoms with Crippen LogP contribution in [0, 0.1) is 5.92 Å². The third-order valence-corrected chi connectivity index (χ3v) is 3.50. The molecule has 0 aromatic heterocycles. The van der Waals surface area contributed by atoms with Gasteiger partial charge in [-0.15, -0.1) is 0 Å². The molecular weight excluding hydrogens is 240 g/mol. The minimum absolute atomic E-state index is 0.0299. The maximum absolute atomic E-state index is 12.3. The Morgan fingerprint density at radius 1 is 1.32 bits per heavy atom. The second-order valence-electron chi connectivity index (χ2n) is 4.91. The number of hydrogen-bond donors (Lipinski definition) is 1. The lowest BCUT2D eigenvalue weighted by Gasteiger charge is -2.24. The summed E-state index contributed by atoms with van der Waals surface area (Å²) in [6, 6.07) is 10.2. The van der Waals surface area contributed by atoms with Crippen LogP contribution in [0.2, 0.25) is 0 Å². The third kappa shape index (κ3) is 4.04. The molecule has 4 heteroatoms. The first-order chi connectivity index (χ1) is 9.31. The number of nitrogens with two attached hydrogens (primary N) is 1. The molecule has 1 aromatic carbocycles. The Bertz CT molecular complexity index is 388. The first kappa shape index (κ1) is 14.0. The van der Waals surface area contributed by atoms with E-state index in [0.717, 1.165) is 19.4 Å². The molecule has 1 atom stereocenters. The summed E-state index contributed by atoms with van der Waals surface area (Å²) < 4.78 is 5.29. The maximum atomic E-state index is 12.3. The molecule has 1 saturated heterocycles. The molecule has 0 saturated carbocycles. The van der Waals surface area contributed by atoms with Crippen molar-refractivity contribution in [3.8, 4) is 0 Å². The molecule has 1 amide bonds. The predicted molar refractivity (Wildman–Crippen MR) is 74.7 cm³/mol. The van der Waals surface area contributed by atoms with Gasteiger partial charge in [0, 0.05) is 26.2 Å². The van der Waals surface area contributed by atoms with E-state index in [0.29, 0.717) is 26.3 Å². The zero-order valence-electron chi connectivity index (χ0n) is 11.3. The van der Waals surface area contributed by atoms with E-state index in [-0.39, 0.29) is 11.8 Å². The molecule has 4 nitrogen and oxygen atoms in total. The van der Waals surface area contributed by atoms with Gasteiger partial charge in [0.15, 0.2) is 0 Å². The molecule has 1 aliphatic heterocycles. The number of ether oxygens (including phenoxy) is 1. The highest BCUT2D eigenvalue weighted by Crippen LogP contribution is 2.15. The van der Waals surface area contributed by atoms with Gasteiger partial charge in [-0.05, 0) is 18.4 Å². The number of amides is 1. The standard InChI is InChI=1S/C15H22N2O2/c16-8-10-17(15(18)14-7-11-19-12-14)9-6-13-4-2-1-3-5-13/h1-5,14H,6-12,16H2. The van der Waals surface area contributed by atoms with Crippen LogP contribution in [0.15, 0.2) is 30.3 Å². The maximum Gasteiger partial charge on any atom is 0.228 e. The smallest absolute Gasteiger partial charge is 0.228 e. The SMILES string of the molecule is NCCN(CCc1ccccc1)C(=O)C1CCOC1. The van der Waals surface area contributed by atoms with E-state index in [1.54, 1.807) is 0 Å². The Morgan fingerprint density at radius 3 is 2.74 bits per heavy atom. The number of rotatable bonds is 6. The summed E-state index contributed by atoms with van der Waals surface area (Å²) in [5.74, 6) is 0.223. The summed E-state index contributed by atoms with van der Waals surface area (Å²) in [7, 11) is 0. The summed E-state index contributed by atoms with van der Waals surface area (Å²) in [6.07, 6.45) is 1.71. The molecule has 1 aliphatic rings. The Kier molecular flexibility index (Phi) is 5.36. The molecule has 1 heterocycles. The van der Waals surface area contributed by atoms with Gasteiger partial charge in [-0.3, -0.25) is 4.79 Å². The van der Waals surface area contributed by atoms with Gasteiger partial charge in [-0.1, -0.05) is 30.3 Å². The average Bonchev–Trinajstić information content (AvgIpc) is 2.98. The van der Waals surface area contributed by atoms with Crippen LogP contribution in [0.25, 0.3) is 0 Å². The van der Waals surface area contributed by atoms with E-state index in [2.05, 4.69) is 12.1 Å². The van der Waals surface area contributed by atoms with Crippen molar-refractivity contribution in [2.45, 2.75) is 12.8 Å². The van der Waals surface area contributed by atoms with Gasteiger partial charge in [-0.25, -0.2) is 0 Å². The molecule has 0 bridgehead atoms. The molecule has 2 N–H and O–H groups in total. The van der Waals surface area contributed by atoms with Crippen molar-refractivity contribution in [3.05, 3.63) is 35.9 Å². The van der Waals surface area contributed by atoms with E-state index in [1.807, 2.05) is 23.1 Å². The number of carbonyl (C=O) groups is 1. The van der Waals surface area contributed by atoms with Crippen molar-refractivity contribution in [1.82, 2.24) is 4.90 Å². The zero-order chi connectivity index (χ0) is 13.5. The number of benzene rings is 1. The Labute approximate surface area is 114 Å². The van der Waals surface area contributed by atoms with Crippen LogP contribution < -0.4 is 5.73 Å². The topological polar surface area (TPSA) is 55.6 Å². The minimum Gasteiger partial charge on any atom is -0.381 e. The first-order valence-electron chi connectivity index (χ1n) is 6.92. The van der Waals surface area contributed by atoms with Crippen LogP contribution >= 0.6 is 0 Å². The normalized spacial score (nSPS) is 18.5. The zero-order valence-corrected chi connectivity index (χ0v) is 11.3. The van der Waals surface area contributed by atoms with Crippen LogP contribution in [0.4, 0.5) is 0 Å². The van der Waals surface area contributed by atoms with Crippen molar-refractivity contribution in [2.24, 2.45) is 11.7 Å². The molecule has 104 valence electrons. The van der Waals surface area contributed by atoms with Crippen molar-refractivity contribution in [3.63, 3.8) is 0 Å². The fourth-order valence-electron chi connectivity index (χ4n) is 2.38. The van der Waals surface area contributed by atoms with E-state index < -0.39 is 0 Å². The molecule has 1 fully saturated rings.